The second-order valence-electron chi connectivity index (χ2n) is 6.99. The number of nitro benzene ring substituents is 1. The molecule has 3 aromatic rings. The third-order valence-electron chi connectivity index (χ3n) is 5.13. The zero-order valence-electron chi connectivity index (χ0n) is 17.1. The number of nitrogens with zero attached hydrogens (tertiary/aromatic N) is 3. The predicted molar refractivity (Wildman–Crippen MR) is 118 cm³/mol. The van der Waals surface area contributed by atoms with Crippen LogP contribution in [0.5, 0.6) is 0 Å². The minimum Gasteiger partial charge on any atom is -0.761 e. The highest BCUT2D eigenvalue weighted by Gasteiger charge is 2.39. The van der Waals surface area contributed by atoms with Crippen LogP contribution in [0.3, 0.4) is 0 Å². The molecule has 1 aliphatic rings. The van der Waals surface area contributed by atoms with E-state index in [1.165, 1.54) is 19.1 Å². The van der Waals surface area contributed by atoms with Gasteiger partial charge in [-0.2, -0.15) is 5.26 Å². The lowest BCUT2D eigenvalue weighted by molar-refractivity contribution is -0.384. The molecule has 0 aliphatic carbocycles. The van der Waals surface area contributed by atoms with Gasteiger partial charge in [0.2, 0.25) is 0 Å². The second kappa shape index (κ2) is 7.97. The highest BCUT2D eigenvalue weighted by atomic mass is 32.1. The Morgan fingerprint density at radius 2 is 1.91 bits per heavy atom. The van der Waals surface area contributed by atoms with Crippen molar-refractivity contribution in [1.29, 1.82) is 5.26 Å². The average Bonchev–Trinajstić information content (AvgIpc) is 3.12. The summed E-state index contributed by atoms with van der Waals surface area (Å²) in [5, 5.41) is 32.6. The van der Waals surface area contributed by atoms with Crippen LogP contribution in [0.15, 0.2) is 24.3 Å². The molecule has 166 valence electrons. The molecule has 2 amide bonds. The molecule has 12 heteroatoms. The van der Waals surface area contributed by atoms with Crippen LogP contribution < -0.4 is 10.4 Å². The minimum atomic E-state index is -0.891. The van der Waals surface area contributed by atoms with E-state index >= 15 is 0 Å². The average molecular weight is 465 g/mol. The summed E-state index contributed by atoms with van der Waals surface area (Å²) in [5.74, 6) is -2.44. The van der Waals surface area contributed by atoms with Crippen LogP contribution in [0.1, 0.15) is 48.4 Å². The van der Waals surface area contributed by atoms with Crippen molar-refractivity contribution in [2.45, 2.75) is 13.8 Å². The van der Waals surface area contributed by atoms with Gasteiger partial charge in [-0.05, 0) is 36.9 Å². The molecule has 0 bridgehead atoms. The Labute approximate surface area is 189 Å². The van der Waals surface area contributed by atoms with E-state index in [1.54, 1.807) is 12.4 Å². The van der Waals surface area contributed by atoms with E-state index in [2.05, 4.69) is 0 Å². The Bertz CT molecular complexity index is 1440. The molecular weight excluding hydrogens is 452 g/mol. The van der Waals surface area contributed by atoms with E-state index in [4.69, 9.17) is 4.74 Å². The van der Waals surface area contributed by atoms with Gasteiger partial charge in [-0.3, -0.25) is 19.7 Å². The monoisotopic (exact) mass is 465 g/mol. The van der Waals surface area contributed by atoms with Gasteiger partial charge in [-0.15, -0.1) is 11.3 Å². The van der Waals surface area contributed by atoms with Crippen molar-refractivity contribution < 1.29 is 24.0 Å². The normalized spacial score (nSPS) is 12.6. The lowest BCUT2D eigenvalue weighted by Crippen LogP contribution is -2.40. The van der Waals surface area contributed by atoms with Gasteiger partial charge in [-0.1, -0.05) is 0 Å². The van der Waals surface area contributed by atoms with Crippen LogP contribution >= 0.6 is 11.3 Å². The molecule has 1 N–H and O–H groups in total. The third-order valence-corrected chi connectivity index (χ3v) is 6.39. The summed E-state index contributed by atoms with van der Waals surface area (Å²) in [6, 6.07) is 6.63. The lowest BCUT2D eigenvalue weighted by atomic mass is 9.92. The Balaban J connectivity index is 2.00. The number of thiophene rings is 1. The molecular formula is C21H13N4O7S-. The number of nitriles is 1. The Kier molecular flexibility index (Phi) is 5.28. The van der Waals surface area contributed by atoms with E-state index < -0.39 is 28.4 Å². The standard InChI is InChI=1S/C21H13N4O7S/c1-3-32-21(28)17-9(2)15(8-22)20(33-17)24-18(26)13-6-11(23-29)4-10-5-12(25(30)31)7-14(16(10)13)19(24)27/h4-7,23H,3H2,1-2H3/q-1. The largest absolute Gasteiger partial charge is 0.761 e. The van der Waals surface area contributed by atoms with Crippen molar-refractivity contribution in [3.8, 4) is 6.07 Å². The van der Waals surface area contributed by atoms with Gasteiger partial charge in [-0.25, -0.2) is 9.69 Å². The summed E-state index contributed by atoms with van der Waals surface area (Å²) in [7, 11) is 0. The topological polar surface area (TPSA) is 166 Å². The summed E-state index contributed by atoms with van der Waals surface area (Å²) >= 11 is 0.733. The molecule has 33 heavy (non-hydrogen) atoms. The molecule has 1 aromatic heterocycles. The van der Waals surface area contributed by atoms with Crippen molar-refractivity contribution in [1.82, 2.24) is 0 Å². The van der Waals surface area contributed by atoms with Crippen LogP contribution in [0, 0.1) is 33.6 Å². The highest BCUT2D eigenvalue weighted by Crippen LogP contribution is 2.42. The van der Waals surface area contributed by atoms with Crippen molar-refractivity contribution in [2.75, 3.05) is 17.0 Å². The zero-order chi connectivity index (χ0) is 24.0. The fourth-order valence-electron chi connectivity index (χ4n) is 3.70. The first-order chi connectivity index (χ1) is 15.7. The van der Waals surface area contributed by atoms with E-state index in [-0.39, 0.29) is 55.2 Å². The first-order valence-electron chi connectivity index (χ1n) is 9.47. The van der Waals surface area contributed by atoms with Gasteiger partial charge in [0.1, 0.15) is 15.9 Å². The molecule has 0 fully saturated rings. The maximum absolute atomic E-state index is 13.4. The molecule has 4 rings (SSSR count). The van der Waals surface area contributed by atoms with Crippen molar-refractivity contribution >= 4 is 56.3 Å². The van der Waals surface area contributed by atoms with Gasteiger partial charge < -0.3 is 15.4 Å². The van der Waals surface area contributed by atoms with Crippen LogP contribution in [-0.4, -0.2) is 29.3 Å². The number of nitrogens with one attached hydrogen (secondary N) is 1. The molecule has 0 spiro atoms. The maximum Gasteiger partial charge on any atom is 0.348 e. The molecule has 0 saturated carbocycles. The summed E-state index contributed by atoms with van der Waals surface area (Å²) < 4.78 is 4.99. The molecule has 0 atom stereocenters. The summed E-state index contributed by atoms with van der Waals surface area (Å²) in [6.07, 6.45) is 0. The number of amides is 2. The fourth-order valence-corrected chi connectivity index (χ4v) is 4.85. The maximum atomic E-state index is 13.4. The number of carbonyl (C=O) groups excluding carboxylic acids is 3. The number of ether oxygens (including phenoxy) is 1. The molecule has 11 nitrogen and oxygen atoms in total. The van der Waals surface area contributed by atoms with Crippen LogP contribution in [0.2, 0.25) is 0 Å². The smallest absolute Gasteiger partial charge is 0.348 e. The first-order valence-corrected chi connectivity index (χ1v) is 10.3. The number of anilines is 2. The van der Waals surface area contributed by atoms with Crippen LogP contribution in [-0.2, 0) is 4.74 Å². The minimum absolute atomic E-state index is 0.0401. The molecule has 0 saturated heterocycles. The van der Waals surface area contributed by atoms with Gasteiger partial charge in [0, 0.05) is 23.2 Å². The SMILES string of the molecule is CCOC(=O)c1sc(N2C(=O)c3cc(N[O-])cc4cc([N+](=O)[O-])cc(c34)C2=O)c(C#N)c1C. The number of rotatable bonds is 5. The summed E-state index contributed by atoms with van der Waals surface area (Å²) in [6.45, 7) is 3.18. The number of nitro groups is 1. The van der Waals surface area contributed by atoms with E-state index in [1.807, 2.05) is 6.07 Å². The van der Waals surface area contributed by atoms with Gasteiger partial charge >= 0.3 is 5.97 Å². The quantitative estimate of drug-likeness (QED) is 0.255. The zero-order valence-corrected chi connectivity index (χ0v) is 17.9. The molecule has 0 unspecified atom stereocenters. The van der Waals surface area contributed by atoms with Gasteiger partial charge in [0.25, 0.3) is 17.5 Å². The van der Waals surface area contributed by atoms with Crippen LogP contribution in [0.4, 0.5) is 16.4 Å². The number of hydrogen-bond acceptors (Lipinski definition) is 10. The third kappa shape index (κ3) is 3.27. The lowest BCUT2D eigenvalue weighted by Gasteiger charge is -2.27. The van der Waals surface area contributed by atoms with Crippen LogP contribution in [0.25, 0.3) is 10.8 Å². The molecule has 2 aromatic carbocycles. The van der Waals surface area contributed by atoms with Crippen molar-refractivity contribution in [3.63, 3.8) is 0 Å². The van der Waals surface area contributed by atoms with E-state index in [0.29, 0.717) is 4.90 Å². The highest BCUT2D eigenvalue weighted by molar-refractivity contribution is 7.18. The first kappa shape index (κ1) is 21.9. The van der Waals surface area contributed by atoms with Crippen molar-refractivity contribution in [3.05, 3.63) is 66.7 Å². The number of non-ortho nitro benzene ring substituents is 1. The van der Waals surface area contributed by atoms with Gasteiger partial charge in [0.15, 0.2) is 0 Å². The number of hydrogen-bond donors (Lipinski definition) is 1. The van der Waals surface area contributed by atoms with Gasteiger partial charge in [0.05, 0.1) is 28.2 Å². The Hall–Kier alpha value is -4.34. The predicted octanol–water partition coefficient (Wildman–Crippen LogP) is 3.88. The Morgan fingerprint density at radius 1 is 1.24 bits per heavy atom. The number of benzene rings is 2. The fraction of sp³-hybridized carbons (Fsp3) is 0.143. The molecule has 1 aliphatic heterocycles. The number of esters is 1. The Morgan fingerprint density at radius 3 is 2.48 bits per heavy atom. The molecule has 0 radical (unpaired) electrons. The summed E-state index contributed by atoms with van der Waals surface area (Å²) in [4.78, 5) is 50.6. The molecule has 2 heterocycles. The number of carbonyl (C=O) groups is 3. The van der Waals surface area contributed by atoms with Crippen molar-refractivity contribution in [2.24, 2.45) is 0 Å². The second-order valence-corrected chi connectivity index (χ2v) is 7.99. The summed E-state index contributed by atoms with van der Waals surface area (Å²) in [5.41, 5.74) is 1.17. The van der Waals surface area contributed by atoms with E-state index in [0.717, 1.165) is 23.5 Å². The number of imide groups is 1. The van der Waals surface area contributed by atoms with E-state index in [9.17, 15) is 35.0 Å².